The lowest BCUT2D eigenvalue weighted by Crippen LogP contribution is -2.09. The Morgan fingerprint density at radius 1 is 1.22 bits per heavy atom. The van der Waals surface area contributed by atoms with Crippen LogP contribution in [0.4, 0.5) is 5.69 Å². The summed E-state index contributed by atoms with van der Waals surface area (Å²) in [5, 5.41) is 0. The summed E-state index contributed by atoms with van der Waals surface area (Å²) < 4.78 is 29.3. The highest BCUT2D eigenvalue weighted by Gasteiger charge is 2.18. The topological polar surface area (TPSA) is 69.4 Å². The number of ether oxygens (including phenoxy) is 1. The predicted molar refractivity (Wildman–Crippen MR) is 73.6 cm³/mol. The van der Waals surface area contributed by atoms with E-state index in [1.807, 2.05) is 0 Å². The van der Waals surface area contributed by atoms with Gasteiger partial charge in [0.1, 0.15) is 5.75 Å². The van der Waals surface area contributed by atoms with Gasteiger partial charge < -0.3 is 10.5 Å². The molecule has 2 N–H and O–H groups in total. The first-order valence-electron chi connectivity index (χ1n) is 6.17. The lowest BCUT2D eigenvalue weighted by Gasteiger charge is -2.09. The van der Waals surface area contributed by atoms with Crippen molar-refractivity contribution in [1.82, 2.24) is 0 Å². The molecule has 0 atom stereocenters. The minimum atomic E-state index is -3.31. The molecule has 0 saturated carbocycles. The smallest absolute Gasteiger partial charge is 0.180 e. The summed E-state index contributed by atoms with van der Waals surface area (Å²) in [4.78, 5) is 0.179. The van der Waals surface area contributed by atoms with Crippen LogP contribution in [-0.4, -0.2) is 21.3 Å². The standard InChI is InChI=1S/C13H21NO3S/c1-3-4-5-6-9-18(15,16)13-10-11(17-2)7-8-12(13)14/h7-8,10H,3-6,9,14H2,1-2H3. The molecule has 0 spiro atoms. The number of sulfone groups is 1. The van der Waals surface area contributed by atoms with Crippen LogP contribution >= 0.6 is 0 Å². The van der Waals surface area contributed by atoms with Crippen molar-refractivity contribution >= 4 is 15.5 Å². The molecule has 0 heterocycles. The third-order valence-electron chi connectivity index (χ3n) is 2.82. The zero-order valence-corrected chi connectivity index (χ0v) is 11.8. The lowest BCUT2D eigenvalue weighted by atomic mass is 10.2. The zero-order valence-electron chi connectivity index (χ0n) is 11.0. The Morgan fingerprint density at radius 2 is 1.94 bits per heavy atom. The van der Waals surface area contributed by atoms with Crippen molar-refractivity contribution in [3.05, 3.63) is 18.2 Å². The summed E-state index contributed by atoms with van der Waals surface area (Å²) in [6.45, 7) is 2.09. The number of hydrogen-bond donors (Lipinski definition) is 1. The van der Waals surface area contributed by atoms with Gasteiger partial charge in [-0.3, -0.25) is 0 Å². The van der Waals surface area contributed by atoms with Crippen LogP contribution in [0.15, 0.2) is 23.1 Å². The van der Waals surface area contributed by atoms with Gasteiger partial charge in [-0.2, -0.15) is 0 Å². The van der Waals surface area contributed by atoms with Crippen LogP contribution in [0.3, 0.4) is 0 Å². The number of nitrogens with two attached hydrogens (primary N) is 1. The van der Waals surface area contributed by atoms with Crippen LogP contribution in [0.25, 0.3) is 0 Å². The van der Waals surface area contributed by atoms with Crippen LogP contribution in [0.1, 0.15) is 32.6 Å². The summed E-state index contributed by atoms with van der Waals surface area (Å²) in [7, 11) is -1.81. The van der Waals surface area contributed by atoms with Gasteiger partial charge in [-0.25, -0.2) is 8.42 Å². The van der Waals surface area contributed by atoms with Gasteiger partial charge in [-0.1, -0.05) is 26.2 Å². The van der Waals surface area contributed by atoms with E-state index in [-0.39, 0.29) is 16.3 Å². The SMILES string of the molecule is CCCCCCS(=O)(=O)c1cc(OC)ccc1N. The van der Waals surface area contributed by atoms with Crippen LogP contribution in [0.5, 0.6) is 5.75 Å². The van der Waals surface area contributed by atoms with Crippen molar-refractivity contribution in [1.29, 1.82) is 0 Å². The molecule has 0 aromatic heterocycles. The third-order valence-corrected chi connectivity index (χ3v) is 4.67. The number of rotatable bonds is 7. The first-order chi connectivity index (χ1) is 8.51. The van der Waals surface area contributed by atoms with Crippen molar-refractivity contribution in [2.24, 2.45) is 0 Å². The highest BCUT2D eigenvalue weighted by atomic mass is 32.2. The third kappa shape index (κ3) is 3.91. The maximum Gasteiger partial charge on any atom is 0.180 e. The molecule has 102 valence electrons. The van der Waals surface area contributed by atoms with Gasteiger partial charge in [-0.15, -0.1) is 0 Å². The Morgan fingerprint density at radius 3 is 2.56 bits per heavy atom. The van der Waals surface area contributed by atoms with Crippen LogP contribution in [0.2, 0.25) is 0 Å². The fourth-order valence-corrected chi connectivity index (χ4v) is 3.27. The molecule has 4 nitrogen and oxygen atoms in total. The molecule has 1 aromatic carbocycles. The van der Waals surface area contributed by atoms with Gasteiger partial charge in [0.25, 0.3) is 0 Å². The maximum atomic E-state index is 12.1. The monoisotopic (exact) mass is 271 g/mol. The van der Waals surface area contributed by atoms with Crippen molar-refractivity contribution < 1.29 is 13.2 Å². The Balaban J connectivity index is 2.83. The average Bonchev–Trinajstić information content (AvgIpc) is 2.35. The first kappa shape index (κ1) is 14.8. The Labute approximate surface area is 109 Å². The predicted octanol–water partition coefficient (Wildman–Crippen LogP) is 2.63. The number of methoxy groups -OCH3 is 1. The molecule has 0 radical (unpaired) electrons. The van der Waals surface area contributed by atoms with E-state index in [9.17, 15) is 8.42 Å². The molecule has 0 aliphatic carbocycles. The molecular formula is C13H21NO3S. The quantitative estimate of drug-likeness (QED) is 0.611. The highest BCUT2D eigenvalue weighted by molar-refractivity contribution is 7.91. The minimum absolute atomic E-state index is 0.143. The van der Waals surface area contributed by atoms with Crippen molar-refractivity contribution in [2.75, 3.05) is 18.6 Å². The minimum Gasteiger partial charge on any atom is -0.497 e. The Bertz CT molecular complexity index is 483. The summed E-state index contributed by atoms with van der Waals surface area (Å²) >= 11 is 0. The van der Waals surface area contributed by atoms with E-state index >= 15 is 0 Å². The van der Waals surface area contributed by atoms with E-state index in [4.69, 9.17) is 10.5 Å². The molecule has 18 heavy (non-hydrogen) atoms. The van der Waals surface area contributed by atoms with Gasteiger partial charge in [0.15, 0.2) is 9.84 Å². The second-order valence-electron chi connectivity index (χ2n) is 4.28. The normalized spacial score (nSPS) is 11.4. The molecular weight excluding hydrogens is 250 g/mol. The highest BCUT2D eigenvalue weighted by Crippen LogP contribution is 2.25. The van der Waals surface area contributed by atoms with Crippen LogP contribution in [-0.2, 0) is 9.84 Å². The van der Waals surface area contributed by atoms with Gasteiger partial charge in [-0.05, 0) is 18.6 Å². The van der Waals surface area contributed by atoms with Crippen LogP contribution < -0.4 is 10.5 Å². The van der Waals surface area contributed by atoms with Crippen molar-refractivity contribution in [2.45, 2.75) is 37.5 Å². The molecule has 0 unspecified atom stereocenters. The van der Waals surface area contributed by atoms with Gasteiger partial charge in [0, 0.05) is 6.07 Å². The van der Waals surface area contributed by atoms with E-state index in [2.05, 4.69) is 6.92 Å². The fourth-order valence-electron chi connectivity index (χ4n) is 1.74. The van der Waals surface area contributed by atoms with Gasteiger partial charge >= 0.3 is 0 Å². The van der Waals surface area contributed by atoms with Crippen molar-refractivity contribution in [3.63, 3.8) is 0 Å². The number of anilines is 1. The molecule has 0 amide bonds. The molecule has 1 rings (SSSR count). The molecule has 0 bridgehead atoms. The summed E-state index contributed by atoms with van der Waals surface area (Å²) in [6.07, 6.45) is 3.75. The maximum absolute atomic E-state index is 12.1. The van der Waals surface area contributed by atoms with E-state index in [0.29, 0.717) is 12.2 Å². The van der Waals surface area contributed by atoms with E-state index in [1.165, 1.54) is 13.2 Å². The van der Waals surface area contributed by atoms with E-state index in [0.717, 1.165) is 19.3 Å². The summed E-state index contributed by atoms with van der Waals surface area (Å²) in [6, 6.07) is 4.72. The average molecular weight is 271 g/mol. The van der Waals surface area contributed by atoms with E-state index < -0.39 is 9.84 Å². The second-order valence-corrected chi connectivity index (χ2v) is 6.36. The zero-order chi connectivity index (χ0) is 13.6. The summed E-state index contributed by atoms with van der Waals surface area (Å²) in [5.41, 5.74) is 6.01. The molecule has 0 aliphatic heterocycles. The lowest BCUT2D eigenvalue weighted by molar-refractivity contribution is 0.413. The molecule has 0 saturated heterocycles. The number of unbranched alkanes of at least 4 members (excludes halogenated alkanes) is 3. The second kappa shape index (κ2) is 6.64. The fraction of sp³-hybridized carbons (Fsp3) is 0.538. The molecule has 0 aliphatic rings. The molecule has 0 fully saturated rings. The molecule has 1 aromatic rings. The van der Waals surface area contributed by atoms with E-state index in [1.54, 1.807) is 12.1 Å². The van der Waals surface area contributed by atoms with Gasteiger partial charge in [0.05, 0.1) is 23.4 Å². The van der Waals surface area contributed by atoms with Crippen molar-refractivity contribution in [3.8, 4) is 5.75 Å². The first-order valence-corrected chi connectivity index (χ1v) is 7.82. The molecule has 5 heteroatoms. The Hall–Kier alpha value is -1.23. The largest absolute Gasteiger partial charge is 0.497 e. The van der Waals surface area contributed by atoms with Gasteiger partial charge in [0.2, 0.25) is 0 Å². The number of hydrogen-bond acceptors (Lipinski definition) is 4. The summed E-state index contributed by atoms with van der Waals surface area (Å²) in [5.74, 6) is 0.654. The Kier molecular flexibility index (Phi) is 5.47. The number of benzene rings is 1. The van der Waals surface area contributed by atoms with Crippen LogP contribution in [0, 0.1) is 0 Å². The number of nitrogen functional groups attached to an aromatic ring is 1.